The van der Waals surface area contributed by atoms with Gasteiger partial charge in [-0.3, -0.25) is 14.9 Å². The van der Waals surface area contributed by atoms with Crippen molar-refractivity contribution in [1.29, 1.82) is 0 Å². The van der Waals surface area contributed by atoms with Gasteiger partial charge < -0.3 is 21.2 Å². The predicted octanol–water partition coefficient (Wildman–Crippen LogP) is 1.82. The molecule has 0 unspecified atom stereocenters. The molecule has 1 atom stereocenters. The number of nitrogens with one attached hydrogen (secondary N) is 1. The second kappa shape index (κ2) is 10.1. The first-order valence-electron chi connectivity index (χ1n) is 10.2. The van der Waals surface area contributed by atoms with Crippen molar-refractivity contribution < 1.29 is 5.21 Å². The second-order valence-corrected chi connectivity index (χ2v) is 7.89. The quantitative estimate of drug-likeness (QED) is 0.170. The van der Waals surface area contributed by atoms with Crippen molar-refractivity contribution in [3.8, 4) is 0 Å². The van der Waals surface area contributed by atoms with Gasteiger partial charge in [-0.2, -0.15) is 0 Å². The predicted molar refractivity (Wildman–Crippen MR) is 121 cm³/mol. The molecule has 4 N–H and O–H groups in total. The van der Waals surface area contributed by atoms with Crippen LogP contribution < -0.4 is 16.0 Å². The number of nitrogens with zero attached hydrogens (tertiary/aromatic N) is 8. The van der Waals surface area contributed by atoms with Gasteiger partial charge in [-0.25, -0.2) is 15.0 Å². The molecular weight excluding hydrogens is 396 g/mol. The first-order valence-corrected chi connectivity index (χ1v) is 10.2. The smallest absolute Gasteiger partial charge is 0.208 e. The molecule has 1 aliphatic rings. The summed E-state index contributed by atoms with van der Waals surface area (Å²) in [6, 6.07) is 0.214. The Morgan fingerprint density at radius 2 is 2.13 bits per heavy atom. The van der Waals surface area contributed by atoms with Crippen LogP contribution in [0.4, 0.5) is 17.3 Å². The summed E-state index contributed by atoms with van der Waals surface area (Å²) in [6.45, 7) is 6.98. The van der Waals surface area contributed by atoms with Gasteiger partial charge in [0.1, 0.15) is 5.69 Å². The van der Waals surface area contributed by atoms with Crippen LogP contribution in [-0.4, -0.2) is 69.4 Å². The number of aliphatic imine (C=N–C) groups is 1. The fourth-order valence-corrected chi connectivity index (χ4v) is 3.61. The van der Waals surface area contributed by atoms with Crippen molar-refractivity contribution in [2.24, 2.45) is 21.8 Å². The van der Waals surface area contributed by atoms with E-state index < -0.39 is 0 Å². The lowest BCUT2D eigenvalue weighted by Gasteiger charge is -2.34. The van der Waals surface area contributed by atoms with Crippen molar-refractivity contribution in [2.75, 3.05) is 31.0 Å². The van der Waals surface area contributed by atoms with Gasteiger partial charge in [-0.15, -0.1) is 0 Å². The minimum atomic E-state index is -0.182. The molecule has 11 heteroatoms. The molecule has 166 valence electrons. The number of hydrogen-bond donors (Lipinski definition) is 3. The van der Waals surface area contributed by atoms with Gasteiger partial charge >= 0.3 is 0 Å². The first kappa shape index (κ1) is 22.3. The molecule has 31 heavy (non-hydrogen) atoms. The van der Waals surface area contributed by atoms with Gasteiger partial charge in [0.05, 0.1) is 12.4 Å². The third-order valence-corrected chi connectivity index (χ3v) is 5.46. The Morgan fingerprint density at radius 3 is 2.71 bits per heavy atom. The minimum absolute atomic E-state index is 0.0956. The lowest BCUT2D eigenvalue weighted by atomic mass is 9.80. The van der Waals surface area contributed by atoms with Crippen LogP contribution in [0.1, 0.15) is 37.7 Å². The summed E-state index contributed by atoms with van der Waals surface area (Å²) in [7, 11) is 3.92. The van der Waals surface area contributed by atoms with Crippen LogP contribution >= 0.6 is 0 Å². The van der Waals surface area contributed by atoms with E-state index >= 15 is 0 Å². The largest absolute Gasteiger partial charge is 0.409 e. The van der Waals surface area contributed by atoms with Crippen LogP contribution in [0.25, 0.3) is 0 Å². The molecule has 2 heterocycles. The van der Waals surface area contributed by atoms with Gasteiger partial charge in [-0.05, 0) is 39.4 Å². The van der Waals surface area contributed by atoms with Gasteiger partial charge in [0.25, 0.3) is 0 Å². The Morgan fingerprint density at radius 1 is 1.35 bits per heavy atom. The molecule has 0 bridgehead atoms. The highest BCUT2D eigenvalue weighted by Gasteiger charge is 2.27. The highest BCUT2D eigenvalue weighted by Crippen LogP contribution is 2.36. The highest BCUT2D eigenvalue weighted by molar-refractivity contribution is 5.95. The van der Waals surface area contributed by atoms with E-state index in [1.807, 2.05) is 19.0 Å². The molecule has 1 fully saturated rings. The number of nitrogens with two attached hydrogens (primary N) is 1. The van der Waals surface area contributed by atoms with E-state index in [9.17, 15) is 0 Å². The molecule has 1 aliphatic carbocycles. The Kier molecular flexibility index (Phi) is 7.29. The third-order valence-electron chi connectivity index (χ3n) is 5.46. The number of anilines is 2. The first-order chi connectivity index (χ1) is 14.9. The van der Waals surface area contributed by atoms with Crippen molar-refractivity contribution in [3.63, 3.8) is 0 Å². The van der Waals surface area contributed by atoms with E-state index in [2.05, 4.69) is 53.9 Å². The zero-order valence-electron chi connectivity index (χ0n) is 18.2. The highest BCUT2D eigenvalue weighted by atomic mass is 16.4. The van der Waals surface area contributed by atoms with E-state index in [-0.39, 0.29) is 17.7 Å². The maximum absolute atomic E-state index is 9.09. The Bertz CT molecular complexity index is 916. The maximum atomic E-state index is 9.09. The van der Waals surface area contributed by atoms with Crippen LogP contribution in [0, 0.1) is 5.92 Å². The molecular formula is C20H30N10O. The maximum Gasteiger partial charge on any atom is 0.208 e. The fourth-order valence-electron chi connectivity index (χ4n) is 3.61. The zero-order chi connectivity index (χ0) is 22.4. The summed E-state index contributed by atoms with van der Waals surface area (Å²) in [5, 5.41) is 15.6. The van der Waals surface area contributed by atoms with E-state index in [1.54, 1.807) is 18.6 Å². The van der Waals surface area contributed by atoms with Crippen molar-refractivity contribution in [3.05, 3.63) is 30.1 Å². The standard InChI is InChI=1S/C20H30N10O/c1-13(14-6-5-7-14)25-19-16(18(22-2)26-20(27-19)17(21)28-31)30(4)12-29(3)11-15-10-23-8-9-24-15/h8-10,13-14,31H,2,5-7,11-12H2,1,3-4H3,(H2,21,28)(H,25,26,27)/t13-/m1/s1. The molecule has 0 aromatic carbocycles. The number of oxime groups is 1. The third kappa shape index (κ3) is 5.43. The van der Waals surface area contributed by atoms with Crippen LogP contribution in [0.3, 0.4) is 0 Å². The molecule has 0 radical (unpaired) electrons. The van der Waals surface area contributed by atoms with Gasteiger partial charge in [0.15, 0.2) is 11.6 Å². The number of rotatable bonds is 10. The average Bonchev–Trinajstić information content (AvgIpc) is 2.71. The van der Waals surface area contributed by atoms with E-state index in [0.29, 0.717) is 36.5 Å². The minimum Gasteiger partial charge on any atom is -0.409 e. The summed E-state index contributed by atoms with van der Waals surface area (Å²) in [5.74, 6) is 1.43. The summed E-state index contributed by atoms with van der Waals surface area (Å²) in [5.41, 5.74) is 7.33. The fraction of sp³-hybridized carbons (Fsp3) is 0.500. The van der Waals surface area contributed by atoms with Gasteiger partial charge in [-0.1, -0.05) is 11.6 Å². The average molecular weight is 427 g/mol. The molecule has 0 aliphatic heterocycles. The van der Waals surface area contributed by atoms with Gasteiger partial charge in [0, 0.05) is 38.2 Å². The number of hydrogen-bond acceptors (Lipinski definition) is 10. The number of aromatic nitrogens is 4. The molecule has 11 nitrogen and oxygen atoms in total. The molecule has 2 aromatic heterocycles. The van der Waals surface area contributed by atoms with Crippen molar-refractivity contribution in [1.82, 2.24) is 24.8 Å². The number of amidine groups is 1. The molecule has 2 aromatic rings. The summed E-state index contributed by atoms with van der Waals surface area (Å²) < 4.78 is 0. The van der Waals surface area contributed by atoms with Gasteiger partial charge in [0.2, 0.25) is 11.7 Å². The van der Waals surface area contributed by atoms with Crippen molar-refractivity contribution in [2.45, 2.75) is 38.8 Å². The summed E-state index contributed by atoms with van der Waals surface area (Å²) >= 11 is 0. The monoisotopic (exact) mass is 426 g/mol. The molecule has 0 spiro atoms. The van der Waals surface area contributed by atoms with E-state index in [1.165, 1.54) is 19.3 Å². The molecule has 1 saturated carbocycles. The second-order valence-electron chi connectivity index (χ2n) is 7.89. The van der Waals surface area contributed by atoms with Crippen LogP contribution in [0.15, 0.2) is 28.7 Å². The lowest BCUT2D eigenvalue weighted by Crippen LogP contribution is -2.36. The summed E-state index contributed by atoms with van der Waals surface area (Å²) in [4.78, 5) is 25.5. The Balaban J connectivity index is 1.88. The topological polar surface area (TPSA) is 141 Å². The summed E-state index contributed by atoms with van der Waals surface area (Å²) in [6.07, 6.45) is 8.69. The normalized spacial score (nSPS) is 15.4. The molecule has 0 saturated heterocycles. The van der Waals surface area contributed by atoms with Crippen LogP contribution in [0.5, 0.6) is 0 Å². The SMILES string of the molecule is C=Nc1nc(/C(N)=N/O)nc(N[C@H](C)C2CCC2)c1N(C)CN(C)Cc1cnccn1. The van der Waals surface area contributed by atoms with E-state index in [4.69, 9.17) is 10.9 Å². The van der Waals surface area contributed by atoms with Crippen LogP contribution in [0.2, 0.25) is 0 Å². The zero-order valence-corrected chi connectivity index (χ0v) is 18.2. The molecule has 3 rings (SSSR count). The van der Waals surface area contributed by atoms with E-state index in [0.717, 1.165) is 5.69 Å². The van der Waals surface area contributed by atoms with Crippen molar-refractivity contribution >= 4 is 29.9 Å². The Hall–Kier alpha value is -3.34. The Labute approximate surface area is 182 Å². The molecule has 0 amide bonds. The lowest BCUT2D eigenvalue weighted by molar-refractivity contribution is 0.285. The van der Waals surface area contributed by atoms with Crippen LogP contribution in [-0.2, 0) is 6.54 Å².